The molecule has 0 fully saturated rings. The minimum atomic E-state index is -5.05. The summed E-state index contributed by atoms with van der Waals surface area (Å²) in [5.74, 6) is -1.43. The minimum absolute atomic E-state index is 0.0165. The highest BCUT2D eigenvalue weighted by atomic mass is 32.2. The lowest BCUT2D eigenvalue weighted by atomic mass is 10.2. The summed E-state index contributed by atoms with van der Waals surface area (Å²) in [5.41, 5.74) is -0.0635. The van der Waals surface area contributed by atoms with E-state index in [0.29, 0.717) is 0 Å². The maximum atomic E-state index is 12.5. The first-order valence-electron chi connectivity index (χ1n) is 6.83. The Hall–Kier alpha value is -2.75. The number of halogens is 3. The van der Waals surface area contributed by atoms with Crippen molar-refractivity contribution in [1.82, 2.24) is 5.32 Å². The normalized spacial score (nSPS) is 11.7. The van der Waals surface area contributed by atoms with Crippen molar-refractivity contribution < 1.29 is 31.1 Å². The van der Waals surface area contributed by atoms with E-state index in [1.807, 2.05) is 0 Å². The van der Waals surface area contributed by atoms with Crippen LogP contribution in [0.25, 0.3) is 0 Å². The van der Waals surface area contributed by atoms with Crippen LogP contribution in [0.3, 0.4) is 0 Å². The average Bonchev–Trinajstić information content (AvgIpc) is 2.53. The summed E-state index contributed by atoms with van der Waals surface area (Å²) in [6.07, 6.45) is -5.05. The highest BCUT2D eigenvalue weighted by Gasteiger charge is 2.34. The van der Waals surface area contributed by atoms with Crippen molar-refractivity contribution in [3.05, 3.63) is 54.1 Å². The molecule has 2 aromatic rings. The van der Waals surface area contributed by atoms with Crippen LogP contribution in [0.5, 0.6) is 5.75 Å². The van der Waals surface area contributed by atoms with E-state index in [-0.39, 0.29) is 11.3 Å². The van der Waals surface area contributed by atoms with Crippen molar-refractivity contribution in [2.24, 2.45) is 0 Å². The van der Waals surface area contributed by atoms with Gasteiger partial charge in [0.2, 0.25) is 0 Å². The van der Waals surface area contributed by atoms with Gasteiger partial charge in [0, 0.05) is 7.05 Å². The monoisotopic (exact) mass is 374 g/mol. The SMILES string of the molecule is CNC(=O)c1ccccc1NS(=O)(=O)c1ccccc1OC(F)(F)F. The molecular weight excluding hydrogens is 361 g/mol. The van der Waals surface area contributed by atoms with Gasteiger partial charge in [-0.1, -0.05) is 24.3 Å². The summed E-state index contributed by atoms with van der Waals surface area (Å²) in [6.45, 7) is 0. The molecule has 2 aromatic carbocycles. The summed E-state index contributed by atoms with van der Waals surface area (Å²) in [4.78, 5) is 11.1. The molecule has 0 spiro atoms. The van der Waals surface area contributed by atoms with Gasteiger partial charge in [0.1, 0.15) is 10.6 Å². The van der Waals surface area contributed by atoms with Crippen LogP contribution >= 0.6 is 0 Å². The maximum absolute atomic E-state index is 12.5. The van der Waals surface area contributed by atoms with Crippen molar-refractivity contribution in [1.29, 1.82) is 0 Å². The molecule has 0 saturated carbocycles. The highest BCUT2D eigenvalue weighted by Crippen LogP contribution is 2.31. The fourth-order valence-electron chi connectivity index (χ4n) is 1.99. The predicted octanol–water partition coefficient (Wildman–Crippen LogP) is 2.75. The van der Waals surface area contributed by atoms with Gasteiger partial charge in [-0.05, 0) is 24.3 Å². The van der Waals surface area contributed by atoms with Crippen LogP contribution in [0.15, 0.2) is 53.4 Å². The largest absolute Gasteiger partial charge is 0.573 e. The van der Waals surface area contributed by atoms with E-state index in [2.05, 4.69) is 14.8 Å². The molecule has 0 aliphatic heterocycles. The van der Waals surface area contributed by atoms with Gasteiger partial charge in [-0.2, -0.15) is 0 Å². The summed E-state index contributed by atoms with van der Waals surface area (Å²) >= 11 is 0. The Morgan fingerprint density at radius 2 is 1.64 bits per heavy atom. The van der Waals surface area contributed by atoms with Crippen LogP contribution in [-0.4, -0.2) is 27.7 Å². The van der Waals surface area contributed by atoms with E-state index in [1.165, 1.54) is 43.4 Å². The van der Waals surface area contributed by atoms with E-state index in [0.717, 1.165) is 12.1 Å². The number of amides is 1. The van der Waals surface area contributed by atoms with Gasteiger partial charge in [-0.25, -0.2) is 8.42 Å². The smallest absolute Gasteiger partial charge is 0.404 e. The molecule has 0 radical (unpaired) electrons. The van der Waals surface area contributed by atoms with Gasteiger partial charge in [0.15, 0.2) is 0 Å². The molecule has 0 saturated heterocycles. The van der Waals surface area contributed by atoms with Crippen molar-refractivity contribution in [2.45, 2.75) is 11.3 Å². The topological polar surface area (TPSA) is 84.5 Å². The standard InChI is InChI=1S/C15H13F3N2O4S/c1-19-14(21)10-6-2-3-7-11(10)20-25(22,23)13-9-5-4-8-12(13)24-15(16,17)18/h2-9,20H,1H3,(H,19,21). The molecule has 0 aliphatic carbocycles. The van der Waals surface area contributed by atoms with E-state index in [9.17, 15) is 26.4 Å². The predicted molar refractivity (Wildman–Crippen MR) is 83.8 cm³/mol. The number of sulfonamides is 1. The number of rotatable bonds is 5. The van der Waals surface area contributed by atoms with E-state index in [1.54, 1.807) is 0 Å². The second kappa shape index (κ2) is 7.01. The van der Waals surface area contributed by atoms with Crippen molar-refractivity contribution >= 4 is 21.6 Å². The maximum Gasteiger partial charge on any atom is 0.573 e. The van der Waals surface area contributed by atoms with Crippen molar-refractivity contribution in [3.8, 4) is 5.75 Å². The zero-order valence-corrected chi connectivity index (χ0v) is 13.6. The van der Waals surface area contributed by atoms with Crippen LogP contribution in [0, 0.1) is 0 Å². The van der Waals surface area contributed by atoms with Crippen LogP contribution in [0.1, 0.15) is 10.4 Å². The number of carbonyl (C=O) groups is 1. The first-order valence-corrected chi connectivity index (χ1v) is 8.31. The number of para-hydroxylation sites is 2. The highest BCUT2D eigenvalue weighted by molar-refractivity contribution is 7.92. The second-order valence-electron chi connectivity index (χ2n) is 4.72. The number of anilines is 1. The number of nitrogens with one attached hydrogen (secondary N) is 2. The third-order valence-corrected chi connectivity index (χ3v) is 4.41. The minimum Gasteiger partial charge on any atom is -0.404 e. The molecule has 10 heteroatoms. The molecule has 0 bridgehead atoms. The van der Waals surface area contributed by atoms with Crippen LogP contribution in [0.2, 0.25) is 0 Å². The lowest BCUT2D eigenvalue weighted by Crippen LogP contribution is -2.23. The molecule has 0 aromatic heterocycles. The molecule has 0 heterocycles. The third-order valence-electron chi connectivity index (χ3n) is 3.01. The van der Waals surface area contributed by atoms with E-state index >= 15 is 0 Å². The molecule has 1 amide bonds. The fraction of sp³-hybridized carbons (Fsp3) is 0.133. The van der Waals surface area contributed by atoms with Gasteiger partial charge in [-0.15, -0.1) is 13.2 Å². The number of ether oxygens (including phenoxy) is 1. The Bertz CT molecular complexity index is 882. The summed E-state index contributed by atoms with van der Waals surface area (Å²) in [6, 6.07) is 9.98. The Kier molecular flexibility index (Phi) is 5.21. The fourth-order valence-corrected chi connectivity index (χ4v) is 3.20. The van der Waals surface area contributed by atoms with Gasteiger partial charge < -0.3 is 10.1 Å². The van der Waals surface area contributed by atoms with Gasteiger partial charge in [-0.3, -0.25) is 9.52 Å². The number of carbonyl (C=O) groups excluding carboxylic acids is 1. The molecular formula is C15H13F3N2O4S. The van der Waals surface area contributed by atoms with Crippen LogP contribution < -0.4 is 14.8 Å². The molecule has 25 heavy (non-hydrogen) atoms. The van der Waals surface area contributed by atoms with Crippen LogP contribution in [-0.2, 0) is 10.0 Å². The zero-order chi connectivity index (χ0) is 18.7. The number of benzene rings is 2. The Labute approximate surface area is 141 Å². The van der Waals surface area contributed by atoms with Gasteiger partial charge >= 0.3 is 6.36 Å². The molecule has 134 valence electrons. The third kappa shape index (κ3) is 4.63. The van der Waals surface area contributed by atoms with Gasteiger partial charge in [0.25, 0.3) is 15.9 Å². The zero-order valence-electron chi connectivity index (χ0n) is 12.8. The Morgan fingerprint density at radius 1 is 1.04 bits per heavy atom. The van der Waals surface area contributed by atoms with Crippen molar-refractivity contribution in [3.63, 3.8) is 0 Å². The number of hydrogen-bond acceptors (Lipinski definition) is 4. The summed E-state index contributed by atoms with van der Waals surface area (Å²) in [5, 5.41) is 2.34. The average molecular weight is 374 g/mol. The van der Waals surface area contributed by atoms with Crippen LogP contribution in [0.4, 0.5) is 18.9 Å². The first kappa shape index (κ1) is 18.6. The lowest BCUT2D eigenvalue weighted by molar-refractivity contribution is -0.275. The molecule has 0 aliphatic rings. The quantitative estimate of drug-likeness (QED) is 0.843. The molecule has 0 unspecified atom stereocenters. The Balaban J connectivity index is 2.44. The van der Waals surface area contributed by atoms with Crippen molar-refractivity contribution in [2.75, 3.05) is 11.8 Å². The summed E-state index contributed by atoms with van der Waals surface area (Å²) < 4.78 is 68.2. The molecule has 0 atom stereocenters. The van der Waals surface area contributed by atoms with Gasteiger partial charge in [0.05, 0.1) is 11.3 Å². The number of hydrogen-bond donors (Lipinski definition) is 2. The molecule has 2 rings (SSSR count). The summed E-state index contributed by atoms with van der Waals surface area (Å²) in [7, 11) is -3.07. The lowest BCUT2D eigenvalue weighted by Gasteiger charge is -2.15. The first-order chi connectivity index (χ1) is 11.6. The Morgan fingerprint density at radius 3 is 2.28 bits per heavy atom. The number of alkyl halides is 3. The van der Waals surface area contributed by atoms with E-state index < -0.39 is 32.9 Å². The molecule has 2 N–H and O–H groups in total. The van der Waals surface area contributed by atoms with E-state index in [4.69, 9.17) is 0 Å². The molecule has 6 nitrogen and oxygen atoms in total. The second-order valence-corrected chi connectivity index (χ2v) is 6.38.